The van der Waals surface area contributed by atoms with E-state index in [1.807, 2.05) is 59.5 Å². The molecule has 1 atom stereocenters. The van der Waals surface area contributed by atoms with Gasteiger partial charge in [-0.3, -0.25) is 9.59 Å². The van der Waals surface area contributed by atoms with E-state index in [-0.39, 0.29) is 17.4 Å². The maximum absolute atomic E-state index is 13.4. The van der Waals surface area contributed by atoms with Gasteiger partial charge in [0, 0.05) is 29.1 Å². The molecule has 204 valence electrons. The first-order valence-corrected chi connectivity index (χ1v) is 14.9. The number of carbonyl (C=O) groups excluding carboxylic acids is 2. The van der Waals surface area contributed by atoms with Crippen LogP contribution in [0.1, 0.15) is 48.4 Å². The first-order valence-electron chi connectivity index (χ1n) is 13.8. The Labute approximate surface area is 244 Å². The quantitative estimate of drug-likeness (QED) is 0.306. The van der Waals surface area contributed by atoms with Crippen LogP contribution in [0.25, 0.3) is 0 Å². The Hall–Kier alpha value is -2.67. The van der Waals surface area contributed by atoms with Crippen molar-refractivity contribution < 1.29 is 9.59 Å². The molecule has 5 rings (SSSR count). The van der Waals surface area contributed by atoms with Crippen molar-refractivity contribution >= 4 is 39.3 Å². The molecule has 0 aromatic heterocycles. The van der Waals surface area contributed by atoms with Crippen molar-refractivity contribution in [2.24, 2.45) is 5.41 Å². The fraction of sp³-hybridized carbons (Fsp3) is 0.375. The maximum atomic E-state index is 13.4. The van der Waals surface area contributed by atoms with Crippen molar-refractivity contribution in [2.75, 3.05) is 26.2 Å². The SMILES string of the molecule is O=C(Cc1cccc(Cl)c1)NC(CCN1CCC2(CC1)CCN(Cc1ccc(Br)cc1)C2=O)c1ccccc1. The molecule has 1 spiro atoms. The number of likely N-dealkylation sites (tertiary alicyclic amines) is 2. The Kier molecular flexibility index (Phi) is 9.06. The Morgan fingerprint density at radius 2 is 1.64 bits per heavy atom. The molecule has 2 aliphatic heterocycles. The average Bonchev–Trinajstić information content (AvgIpc) is 3.23. The van der Waals surface area contributed by atoms with Gasteiger partial charge in [0.1, 0.15) is 0 Å². The van der Waals surface area contributed by atoms with E-state index in [1.54, 1.807) is 0 Å². The van der Waals surface area contributed by atoms with Gasteiger partial charge in [0.15, 0.2) is 0 Å². The van der Waals surface area contributed by atoms with Crippen LogP contribution in [0, 0.1) is 5.41 Å². The van der Waals surface area contributed by atoms with Crippen molar-refractivity contribution in [3.05, 3.63) is 105 Å². The summed E-state index contributed by atoms with van der Waals surface area (Å²) in [6.45, 7) is 4.23. The third-order valence-electron chi connectivity index (χ3n) is 8.23. The molecule has 2 heterocycles. The number of halogens is 2. The summed E-state index contributed by atoms with van der Waals surface area (Å²) in [5, 5.41) is 3.90. The summed E-state index contributed by atoms with van der Waals surface area (Å²) in [5.41, 5.74) is 2.98. The third-order valence-corrected chi connectivity index (χ3v) is 8.99. The number of amides is 2. The highest BCUT2D eigenvalue weighted by molar-refractivity contribution is 9.10. The largest absolute Gasteiger partial charge is 0.349 e. The Balaban J connectivity index is 1.15. The second-order valence-corrected chi connectivity index (χ2v) is 12.2. The molecule has 1 N–H and O–H groups in total. The fourth-order valence-electron chi connectivity index (χ4n) is 5.92. The van der Waals surface area contributed by atoms with Crippen molar-refractivity contribution in [3.63, 3.8) is 0 Å². The molecule has 0 radical (unpaired) electrons. The molecule has 7 heteroatoms. The van der Waals surface area contributed by atoms with Gasteiger partial charge in [-0.2, -0.15) is 0 Å². The molecule has 1 unspecified atom stereocenters. The molecular weight excluding hydrogens is 574 g/mol. The predicted molar refractivity (Wildman–Crippen MR) is 159 cm³/mol. The minimum Gasteiger partial charge on any atom is -0.349 e. The third kappa shape index (κ3) is 7.10. The highest BCUT2D eigenvalue weighted by Gasteiger charge is 2.47. The van der Waals surface area contributed by atoms with Gasteiger partial charge in [-0.15, -0.1) is 0 Å². The van der Waals surface area contributed by atoms with E-state index in [9.17, 15) is 9.59 Å². The average molecular weight is 609 g/mol. The van der Waals surface area contributed by atoms with Gasteiger partial charge < -0.3 is 15.1 Å². The van der Waals surface area contributed by atoms with Crippen LogP contribution in [-0.4, -0.2) is 47.8 Å². The lowest BCUT2D eigenvalue weighted by atomic mass is 9.77. The van der Waals surface area contributed by atoms with Crippen LogP contribution in [0.3, 0.4) is 0 Å². The summed E-state index contributed by atoms with van der Waals surface area (Å²) in [7, 11) is 0. The monoisotopic (exact) mass is 607 g/mol. The standard InChI is InChI=1S/C32H35BrClN3O2/c33-27-11-9-24(10-12-27)23-37-20-16-32(31(37)39)14-18-36(19-15-32)17-13-29(26-6-2-1-3-7-26)35-30(38)22-25-5-4-8-28(34)21-25/h1-12,21,29H,13-20,22-23H2,(H,35,38). The number of hydrogen-bond acceptors (Lipinski definition) is 3. The van der Waals surface area contributed by atoms with Crippen LogP contribution in [0.15, 0.2) is 83.3 Å². The minimum absolute atomic E-state index is 0.00821. The molecule has 39 heavy (non-hydrogen) atoms. The minimum atomic E-state index is -0.212. The molecule has 0 aliphatic carbocycles. The van der Waals surface area contributed by atoms with Crippen molar-refractivity contribution in [1.29, 1.82) is 0 Å². The number of nitrogens with one attached hydrogen (secondary N) is 1. The first-order chi connectivity index (χ1) is 18.9. The van der Waals surface area contributed by atoms with E-state index in [0.29, 0.717) is 23.9 Å². The van der Waals surface area contributed by atoms with Crippen molar-refractivity contribution in [3.8, 4) is 0 Å². The predicted octanol–water partition coefficient (Wildman–Crippen LogP) is 6.41. The summed E-state index contributed by atoms with van der Waals surface area (Å²) < 4.78 is 1.05. The molecule has 3 aromatic rings. The first kappa shape index (κ1) is 27.9. The molecule has 2 amide bonds. The highest BCUT2D eigenvalue weighted by atomic mass is 79.9. The van der Waals surface area contributed by atoms with Gasteiger partial charge >= 0.3 is 0 Å². The summed E-state index contributed by atoms with van der Waals surface area (Å²) in [6.07, 6.45) is 3.87. The van der Waals surface area contributed by atoms with Crippen LogP contribution in [0.4, 0.5) is 0 Å². The maximum Gasteiger partial charge on any atom is 0.229 e. The summed E-state index contributed by atoms with van der Waals surface area (Å²) in [5.74, 6) is 0.312. The van der Waals surface area contributed by atoms with Crippen molar-refractivity contribution in [2.45, 2.75) is 44.7 Å². The molecule has 0 saturated carbocycles. The summed E-state index contributed by atoms with van der Waals surface area (Å²) in [6, 6.07) is 25.8. The molecular formula is C32H35BrClN3O2. The number of rotatable bonds is 9. The van der Waals surface area contributed by atoms with Gasteiger partial charge in [-0.1, -0.05) is 82.1 Å². The lowest BCUT2D eigenvalue weighted by Gasteiger charge is -2.38. The van der Waals surface area contributed by atoms with Gasteiger partial charge in [-0.25, -0.2) is 0 Å². The van der Waals surface area contributed by atoms with E-state index in [1.165, 1.54) is 5.56 Å². The zero-order valence-electron chi connectivity index (χ0n) is 22.1. The van der Waals surface area contributed by atoms with E-state index in [0.717, 1.165) is 67.5 Å². The van der Waals surface area contributed by atoms with Gasteiger partial charge in [-0.05, 0) is 79.7 Å². The van der Waals surface area contributed by atoms with Crippen LogP contribution in [0.5, 0.6) is 0 Å². The number of benzene rings is 3. The molecule has 2 saturated heterocycles. The zero-order chi connectivity index (χ0) is 27.2. The van der Waals surface area contributed by atoms with Crippen LogP contribution in [-0.2, 0) is 22.6 Å². The topological polar surface area (TPSA) is 52.7 Å². The van der Waals surface area contributed by atoms with Crippen LogP contribution in [0.2, 0.25) is 5.02 Å². The smallest absolute Gasteiger partial charge is 0.229 e. The number of nitrogens with zero attached hydrogens (tertiary/aromatic N) is 2. The lowest BCUT2D eigenvalue weighted by molar-refractivity contribution is -0.139. The molecule has 0 bridgehead atoms. The Bertz CT molecular complexity index is 1280. The molecule has 2 aliphatic rings. The van der Waals surface area contributed by atoms with E-state index < -0.39 is 0 Å². The molecule has 2 fully saturated rings. The number of carbonyl (C=O) groups is 2. The summed E-state index contributed by atoms with van der Waals surface area (Å²) >= 11 is 9.59. The van der Waals surface area contributed by atoms with Gasteiger partial charge in [0.25, 0.3) is 0 Å². The normalized spacial score (nSPS) is 17.9. The van der Waals surface area contributed by atoms with Crippen LogP contribution >= 0.6 is 27.5 Å². The lowest BCUT2D eigenvalue weighted by Crippen LogP contribution is -2.45. The highest BCUT2D eigenvalue weighted by Crippen LogP contribution is 2.42. The summed E-state index contributed by atoms with van der Waals surface area (Å²) in [4.78, 5) is 30.9. The van der Waals surface area contributed by atoms with E-state index in [2.05, 4.69) is 50.4 Å². The van der Waals surface area contributed by atoms with E-state index >= 15 is 0 Å². The molecule has 3 aromatic carbocycles. The number of hydrogen-bond donors (Lipinski definition) is 1. The van der Waals surface area contributed by atoms with Crippen molar-refractivity contribution in [1.82, 2.24) is 15.1 Å². The number of piperidine rings is 1. The Morgan fingerprint density at radius 1 is 0.923 bits per heavy atom. The van der Waals surface area contributed by atoms with Gasteiger partial charge in [0.2, 0.25) is 11.8 Å². The molecule has 5 nitrogen and oxygen atoms in total. The fourth-order valence-corrected chi connectivity index (χ4v) is 6.40. The van der Waals surface area contributed by atoms with Gasteiger partial charge in [0.05, 0.1) is 17.9 Å². The zero-order valence-corrected chi connectivity index (χ0v) is 24.5. The second kappa shape index (κ2) is 12.7. The second-order valence-electron chi connectivity index (χ2n) is 10.9. The van der Waals surface area contributed by atoms with Crippen LogP contribution < -0.4 is 5.32 Å². The van der Waals surface area contributed by atoms with E-state index in [4.69, 9.17) is 11.6 Å². The Morgan fingerprint density at radius 3 is 2.36 bits per heavy atom.